The van der Waals surface area contributed by atoms with Crippen molar-refractivity contribution in [3.63, 3.8) is 0 Å². The summed E-state index contributed by atoms with van der Waals surface area (Å²) in [6.07, 6.45) is 1.39. The zero-order valence-corrected chi connectivity index (χ0v) is 10.9. The van der Waals surface area contributed by atoms with E-state index in [0.29, 0.717) is 0 Å². The Morgan fingerprint density at radius 2 is 1.90 bits per heavy atom. The number of pyridine rings is 1. The van der Waals surface area contributed by atoms with Crippen molar-refractivity contribution < 1.29 is 14.3 Å². The first-order chi connectivity index (χ1) is 10.1. The number of rotatable bonds is 2. The van der Waals surface area contributed by atoms with Crippen LogP contribution in [-0.2, 0) is 6.54 Å². The Kier molecular flexibility index (Phi) is 3.09. The summed E-state index contributed by atoms with van der Waals surface area (Å²) < 4.78 is 14.2. The zero-order valence-electron chi connectivity index (χ0n) is 10.9. The summed E-state index contributed by atoms with van der Waals surface area (Å²) in [5.74, 6) is -1.40. The molecule has 2 N–H and O–H groups in total. The van der Waals surface area contributed by atoms with Crippen LogP contribution in [-0.4, -0.2) is 27.3 Å². The first kappa shape index (κ1) is 13.2. The van der Waals surface area contributed by atoms with Crippen LogP contribution >= 0.6 is 0 Å². The second-order valence-electron chi connectivity index (χ2n) is 4.69. The number of fused-ring (bicyclic) bond motifs is 1. The van der Waals surface area contributed by atoms with E-state index in [1.54, 1.807) is 12.1 Å². The van der Waals surface area contributed by atoms with Crippen LogP contribution in [0, 0.1) is 5.82 Å². The van der Waals surface area contributed by atoms with Gasteiger partial charge in [0.25, 0.3) is 5.91 Å². The maximum absolute atomic E-state index is 12.9. The second-order valence-corrected chi connectivity index (χ2v) is 4.69. The summed E-state index contributed by atoms with van der Waals surface area (Å²) in [5, 5.41) is 9.76. The summed E-state index contributed by atoms with van der Waals surface area (Å²) in [7, 11) is 0. The Balaban J connectivity index is 1.90. The van der Waals surface area contributed by atoms with E-state index in [1.165, 1.54) is 34.0 Å². The Labute approximate surface area is 119 Å². The zero-order chi connectivity index (χ0) is 15.0. The van der Waals surface area contributed by atoms with Gasteiger partial charge in [-0.2, -0.15) is 0 Å². The number of aromatic hydroxyl groups is 1. The fraction of sp³-hybridized carbons (Fsp3) is 0.143. The third-order valence-electron chi connectivity index (χ3n) is 3.28. The smallest absolute Gasteiger partial charge is 0.278 e. The molecule has 0 radical (unpaired) electrons. The van der Waals surface area contributed by atoms with Gasteiger partial charge in [-0.05, 0) is 17.7 Å². The Morgan fingerprint density at radius 1 is 1.19 bits per heavy atom. The highest BCUT2D eigenvalue weighted by Crippen LogP contribution is 2.18. The molecule has 1 aliphatic heterocycles. The molecule has 0 unspecified atom stereocenters. The van der Waals surface area contributed by atoms with E-state index >= 15 is 0 Å². The SMILES string of the molecule is O=C1c2c(O)c(=O)ccn2NCN1Cc1ccc(F)cc1. The quantitative estimate of drug-likeness (QED) is 0.859. The highest BCUT2D eigenvalue weighted by Gasteiger charge is 2.27. The number of hydrogen-bond acceptors (Lipinski definition) is 4. The van der Waals surface area contributed by atoms with Crippen molar-refractivity contribution in [3.8, 4) is 5.75 Å². The average Bonchev–Trinajstić information content (AvgIpc) is 2.48. The standard InChI is InChI=1S/C14H12FN3O3/c15-10-3-1-9(2-4-10)7-17-8-16-18-6-5-11(19)13(20)12(18)14(17)21/h1-6,16,20H,7-8H2. The molecular formula is C14H12FN3O3. The van der Waals surface area contributed by atoms with Crippen molar-refractivity contribution in [1.29, 1.82) is 0 Å². The minimum Gasteiger partial charge on any atom is -0.502 e. The second kappa shape index (κ2) is 4.93. The predicted molar refractivity (Wildman–Crippen MR) is 72.9 cm³/mol. The molecule has 2 aromatic rings. The van der Waals surface area contributed by atoms with E-state index in [2.05, 4.69) is 5.43 Å². The minimum absolute atomic E-state index is 0.101. The van der Waals surface area contributed by atoms with Gasteiger partial charge >= 0.3 is 0 Å². The number of nitrogens with zero attached hydrogens (tertiary/aromatic N) is 2. The average molecular weight is 289 g/mol. The van der Waals surface area contributed by atoms with Gasteiger partial charge in [0, 0.05) is 18.8 Å². The number of carbonyl (C=O) groups excluding carboxylic acids is 1. The lowest BCUT2D eigenvalue weighted by Gasteiger charge is -2.31. The number of carbonyl (C=O) groups is 1. The molecule has 0 saturated carbocycles. The van der Waals surface area contributed by atoms with Crippen molar-refractivity contribution >= 4 is 5.91 Å². The van der Waals surface area contributed by atoms with E-state index in [-0.39, 0.29) is 24.7 Å². The highest BCUT2D eigenvalue weighted by molar-refractivity contribution is 5.95. The lowest BCUT2D eigenvalue weighted by Crippen LogP contribution is -2.45. The number of amides is 1. The van der Waals surface area contributed by atoms with Gasteiger partial charge in [0.15, 0.2) is 11.4 Å². The van der Waals surface area contributed by atoms with Gasteiger partial charge < -0.3 is 15.4 Å². The number of aromatic nitrogens is 1. The van der Waals surface area contributed by atoms with Crippen LogP contribution in [0.1, 0.15) is 16.1 Å². The lowest BCUT2D eigenvalue weighted by molar-refractivity contribution is 0.0709. The van der Waals surface area contributed by atoms with Crippen LogP contribution in [0.15, 0.2) is 41.3 Å². The molecule has 108 valence electrons. The maximum atomic E-state index is 12.9. The molecule has 3 rings (SSSR count). The predicted octanol–water partition coefficient (Wildman–Crippen LogP) is 0.850. The number of halogens is 1. The molecule has 0 fully saturated rings. The van der Waals surface area contributed by atoms with Crippen LogP contribution in [0.25, 0.3) is 0 Å². The molecule has 0 bridgehead atoms. The van der Waals surface area contributed by atoms with Gasteiger partial charge in [-0.3, -0.25) is 14.3 Å². The Bertz CT molecular complexity index is 755. The molecule has 1 amide bonds. The summed E-state index contributed by atoms with van der Waals surface area (Å²) >= 11 is 0. The summed E-state index contributed by atoms with van der Waals surface area (Å²) in [6.45, 7) is 0.458. The molecule has 0 spiro atoms. The minimum atomic E-state index is -0.611. The van der Waals surface area contributed by atoms with Crippen molar-refractivity contribution in [2.75, 3.05) is 12.1 Å². The van der Waals surface area contributed by atoms with Crippen molar-refractivity contribution in [2.24, 2.45) is 0 Å². The van der Waals surface area contributed by atoms with Gasteiger partial charge in [-0.25, -0.2) is 4.39 Å². The maximum Gasteiger partial charge on any atom is 0.278 e. The number of benzene rings is 1. The van der Waals surface area contributed by atoms with Gasteiger partial charge in [0.2, 0.25) is 5.43 Å². The van der Waals surface area contributed by atoms with E-state index in [9.17, 15) is 19.1 Å². The van der Waals surface area contributed by atoms with Crippen LogP contribution in [0.2, 0.25) is 0 Å². The molecule has 6 nitrogen and oxygen atoms in total. The van der Waals surface area contributed by atoms with Crippen molar-refractivity contribution in [3.05, 3.63) is 63.8 Å². The Hall–Kier alpha value is -2.83. The van der Waals surface area contributed by atoms with Crippen LogP contribution in [0.5, 0.6) is 5.75 Å². The van der Waals surface area contributed by atoms with Crippen molar-refractivity contribution in [1.82, 2.24) is 9.58 Å². The summed E-state index contributed by atoms with van der Waals surface area (Å²) in [5.41, 5.74) is 2.93. The first-order valence-electron chi connectivity index (χ1n) is 6.28. The van der Waals surface area contributed by atoms with Crippen LogP contribution in [0.4, 0.5) is 4.39 Å². The summed E-state index contributed by atoms with van der Waals surface area (Å²) in [4.78, 5) is 25.2. The Morgan fingerprint density at radius 3 is 2.62 bits per heavy atom. The van der Waals surface area contributed by atoms with Crippen LogP contribution in [0.3, 0.4) is 0 Å². The van der Waals surface area contributed by atoms with E-state index in [4.69, 9.17) is 0 Å². The third kappa shape index (κ3) is 2.33. The highest BCUT2D eigenvalue weighted by atomic mass is 19.1. The molecule has 7 heteroatoms. The molecule has 1 aromatic heterocycles. The molecular weight excluding hydrogens is 277 g/mol. The van der Waals surface area contributed by atoms with E-state index in [0.717, 1.165) is 5.56 Å². The number of nitrogens with one attached hydrogen (secondary N) is 1. The normalized spacial score (nSPS) is 13.8. The van der Waals surface area contributed by atoms with Gasteiger partial charge in [0.05, 0.1) is 0 Å². The van der Waals surface area contributed by atoms with Crippen molar-refractivity contribution in [2.45, 2.75) is 6.54 Å². The molecule has 21 heavy (non-hydrogen) atoms. The molecule has 2 heterocycles. The van der Waals surface area contributed by atoms with Gasteiger partial charge in [-0.15, -0.1) is 0 Å². The molecule has 1 aliphatic rings. The van der Waals surface area contributed by atoms with E-state index < -0.39 is 17.1 Å². The topological polar surface area (TPSA) is 74.6 Å². The third-order valence-corrected chi connectivity index (χ3v) is 3.28. The van der Waals surface area contributed by atoms with Gasteiger partial charge in [-0.1, -0.05) is 12.1 Å². The first-order valence-corrected chi connectivity index (χ1v) is 6.28. The molecule has 0 atom stereocenters. The summed E-state index contributed by atoms with van der Waals surface area (Å²) in [6, 6.07) is 6.96. The van der Waals surface area contributed by atoms with Gasteiger partial charge in [0.1, 0.15) is 12.5 Å². The largest absolute Gasteiger partial charge is 0.502 e. The fourth-order valence-electron chi connectivity index (χ4n) is 2.18. The monoisotopic (exact) mass is 289 g/mol. The number of hydrogen-bond donors (Lipinski definition) is 2. The molecule has 0 aliphatic carbocycles. The molecule has 1 aromatic carbocycles. The lowest BCUT2D eigenvalue weighted by atomic mass is 10.2. The fourth-order valence-corrected chi connectivity index (χ4v) is 2.18. The van der Waals surface area contributed by atoms with Crippen LogP contribution < -0.4 is 10.9 Å². The van der Waals surface area contributed by atoms with E-state index in [1.807, 2.05) is 0 Å². The molecule has 0 saturated heterocycles.